The number of carbonyl (C=O) groups excluding carboxylic acids is 3. The molecule has 5 rings (SSSR count). The highest BCUT2D eigenvalue weighted by Gasteiger charge is 2.66. The van der Waals surface area contributed by atoms with Crippen LogP contribution < -0.4 is 9.64 Å². The number of amides is 2. The first kappa shape index (κ1) is 20.4. The van der Waals surface area contributed by atoms with Crippen LogP contribution in [-0.4, -0.2) is 42.0 Å². The highest BCUT2D eigenvalue weighted by atomic mass is 16.5. The Morgan fingerprint density at radius 1 is 0.969 bits per heavy atom. The minimum Gasteiger partial charge on any atom is -0.495 e. The van der Waals surface area contributed by atoms with Gasteiger partial charge in [0.2, 0.25) is 11.8 Å². The van der Waals surface area contributed by atoms with E-state index < -0.39 is 29.3 Å². The van der Waals surface area contributed by atoms with E-state index in [-0.39, 0.29) is 17.6 Å². The van der Waals surface area contributed by atoms with Crippen molar-refractivity contribution >= 4 is 29.5 Å². The van der Waals surface area contributed by atoms with Crippen LogP contribution in [0.2, 0.25) is 0 Å². The van der Waals surface area contributed by atoms with E-state index in [1.54, 1.807) is 35.5 Å². The van der Waals surface area contributed by atoms with Gasteiger partial charge in [-0.25, -0.2) is 4.90 Å². The van der Waals surface area contributed by atoms with Crippen molar-refractivity contribution in [2.75, 3.05) is 12.0 Å². The second-order valence-electron chi connectivity index (χ2n) is 9.49. The molecule has 3 aliphatic heterocycles. The summed E-state index contributed by atoms with van der Waals surface area (Å²) in [6, 6.07) is 13.4. The Balaban J connectivity index is 1.68. The lowest BCUT2D eigenvalue weighted by molar-refractivity contribution is -0.136. The van der Waals surface area contributed by atoms with Gasteiger partial charge in [-0.2, -0.15) is 5.10 Å². The number of benzene rings is 2. The van der Waals surface area contributed by atoms with Gasteiger partial charge >= 0.3 is 0 Å². The molecule has 2 fully saturated rings. The first-order chi connectivity index (χ1) is 15.3. The number of methoxy groups -OCH3 is 1. The molecule has 0 N–H and O–H groups in total. The van der Waals surface area contributed by atoms with E-state index >= 15 is 0 Å². The number of rotatable bonds is 3. The summed E-state index contributed by atoms with van der Waals surface area (Å²) in [5.74, 6) is -1.89. The van der Waals surface area contributed by atoms with Gasteiger partial charge < -0.3 is 4.74 Å². The summed E-state index contributed by atoms with van der Waals surface area (Å²) >= 11 is 0. The fourth-order valence-electron chi connectivity index (χ4n) is 5.16. The maximum Gasteiger partial charge on any atom is 0.240 e. The molecule has 2 amide bonds. The van der Waals surface area contributed by atoms with E-state index in [0.717, 1.165) is 11.1 Å². The number of Topliss-reactive ketones (excluding diaryl/α,β-unsaturated/α-hetero) is 1. The number of hydrogen-bond donors (Lipinski definition) is 0. The van der Waals surface area contributed by atoms with Crippen LogP contribution in [0.1, 0.15) is 37.9 Å². The third-order valence-electron chi connectivity index (χ3n) is 6.63. The number of anilines is 1. The molecule has 2 aromatic rings. The molecule has 2 saturated heterocycles. The first-order valence-electron chi connectivity index (χ1n) is 10.7. The summed E-state index contributed by atoms with van der Waals surface area (Å²) in [7, 11) is 1.50. The van der Waals surface area contributed by atoms with Crippen LogP contribution in [0.3, 0.4) is 0 Å². The topological polar surface area (TPSA) is 79.3 Å². The fourth-order valence-corrected chi connectivity index (χ4v) is 5.16. The van der Waals surface area contributed by atoms with Gasteiger partial charge in [0.25, 0.3) is 0 Å². The molecule has 0 saturated carbocycles. The molecule has 4 atom stereocenters. The van der Waals surface area contributed by atoms with Crippen molar-refractivity contribution < 1.29 is 19.1 Å². The quantitative estimate of drug-likeness (QED) is 0.698. The van der Waals surface area contributed by atoms with E-state index in [9.17, 15) is 14.4 Å². The molecule has 3 heterocycles. The van der Waals surface area contributed by atoms with Gasteiger partial charge in [-0.05, 0) is 23.3 Å². The Bertz CT molecular complexity index is 1170. The second-order valence-corrected chi connectivity index (χ2v) is 9.49. The number of ether oxygens (including phenoxy) is 1. The summed E-state index contributed by atoms with van der Waals surface area (Å²) in [5.41, 5.74) is 1.51. The predicted octanol–water partition coefficient (Wildman–Crippen LogP) is 3.19. The van der Waals surface area contributed by atoms with Gasteiger partial charge in [-0.3, -0.25) is 19.4 Å². The molecule has 0 unspecified atom stereocenters. The number of carbonyl (C=O) groups is 3. The molecule has 7 heteroatoms. The van der Waals surface area contributed by atoms with E-state index in [2.05, 4.69) is 5.10 Å². The van der Waals surface area contributed by atoms with Crippen LogP contribution in [0.15, 0.2) is 53.6 Å². The van der Waals surface area contributed by atoms with Gasteiger partial charge in [-0.15, -0.1) is 0 Å². The molecule has 0 spiro atoms. The van der Waals surface area contributed by atoms with Gasteiger partial charge in [0.1, 0.15) is 11.8 Å². The van der Waals surface area contributed by atoms with Crippen LogP contribution in [-0.2, 0) is 14.4 Å². The normalized spacial score (nSPS) is 26.1. The van der Waals surface area contributed by atoms with Gasteiger partial charge in [0, 0.05) is 5.41 Å². The number of nitrogens with zero attached hydrogens (tertiary/aromatic N) is 3. The lowest BCUT2D eigenvalue weighted by Crippen LogP contribution is -2.48. The summed E-state index contributed by atoms with van der Waals surface area (Å²) in [5, 5.41) is 6.27. The highest BCUT2D eigenvalue weighted by Crippen LogP contribution is 2.54. The fraction of sp³-hybridized carbons (Fsp3) is 0.360. The molecular formula is C25H25N3O4. The number of hydrazone groups is 1. The van der Waals surface area contributed by atoms with Gasteiger partial charge in [0.15, 0.2) is 5.78 Å². The van der Waals surface area contributed by atoms with E-state index in [1.807, 2.05) is 45.0 Å². The molecule has 7 nitrogen and oxygen atoms in total. The standard InChI is InChI=1S/C25H25N3O4/c1-25(2,3)22(29)21-19-18(20-15-10-6-5-9-14(15)13-26-28(20)21)23(30)27(24(19)31)16-11-7-8-12-17(16)32-4/h5-13,18-21H,1-4H3/t18-,19+,20+,21-/m0/s1. The van der Waals surface area contributed by atoms with E-state index in [4.69, 9.17) is 4.74 Å². The Morgan fingerprint density at radius 3 is 2.34 bits per heavy atom. The van der Waals surface area contributed by atoms with Gasteiger partial charge in [0.05, 0.1) is 36.9 Å². The van der Waals surface area contributed by atoms with E-state index in [1.165, 1.54) is 12.0 Å². The zero-order valence-corrected chi connectivity index (χ0v) is 18.5. The van der Waals surface area contributed by atoms with Crippen LogP contribution in [0, 0.1) is 17.3 Å². The number of ketones is 1. The zero-order chi connectivity index (χ0) is 22.8. The average molecular weight is 431 g/mol. The maximum atomic E-state index is 13.8. The molecule has 0 aromatic heterocycles. The Hall–Kier alpha value is -3.48. The summed E-state index contributed by atoms with van der Waals surface area (Å²) in [4.78, 5) is 42.4. The molecule has 0 radical (unpaired) electrons. The van der Waals surface area contributed by atoms with Crippen LogP contribution in [0.25, 0.3) is 0 Å². The van der Waals surface area contributed by atoms with Crippen LogP contribution >= 0.6 is 0 Å². The van der Waals surface area contributed by atoms with Crippen molar-refractivity contribution in [3.8, 4) is 5.75 Å². The molecular weight excluding hydrogens is 406 g/mol. The minimum absolute atomic E-state index is 0.102. The monoisotopic (exact) mass is 431 g/mol. The first-order valence-corrected chi connectivity index (χ1v) is 10.7. The summed E-state index contributed by atoms with van der Waals surface area (Å²) in [6.45, 7) is 5.50. The van der Waals surface area contributed by atoms with Crippen molar-refractivity contribution in [1.82, 2.24) is 5.01 Å². The highest BCUT2D eigenvalue weighted by molar-refractivity contribution is 6.24. The average Bonchev–Trinajstić information content (AvgIpc) is 3.25. The molecule has 164 valence electrons. The molecule has 0 bridgehead atoms. The van der Waals surface area contributed by atoms with E-state index in [0.29, 0.717) is 11.4 Å². The minimum atomic E-state index is -0.814. The van der Waals surface area contributed by atoms with Crippen molar-refractivity contribution in [2.45, 2.75) is 32.9 Å². The third-order valence-corrected chi connectivity index (χ3v) is 6.63. The van der Waals surface area contributed by atoms with Crippen molar-refractivity contribution in [1.29, 1.82) is 0 Å². The number of para-hydroxylation sites is 2. The zero-order valence-electron chi connectivity index (χ0n) is 18.5. The smallest absolute Gasteiger partial charge is 0.240 e. The van der Waals surface area contributed by atoms with Crippen molar-refractivity contribution in [3.63, 3.8) is 0 Å². The van der Waals surface area contributed by atoms with Crippen molar-refractivity contribution in [3.05, 3.63) is 59.7 Å². The number of imide groups is 1. The third kappa shape index (κ3) is 2.73. The number of fused-ring (bicyclic) bond motifs is 5. The largest absolute Gasteiger partial charge is 0.495 e. The molecule has 3 aliphatic rings. The molecule has 2 aromatic carbocycles. The Morgan fingerprint density at radius 2 is 1.62 bits per heavy atom. The predicted molar refractivity (Wildman–Crippen MR) is 119 cm³/mol. The lowest BCUT2D eigenvalue weighted by atomic mass is 9.79. The maximum absolute atomic E-state index is 13.8. The summed E-state index contributed by atoms with van der Waals surface area (Å²) in [6.07, 6.45) is 1.71. The van der Waals surface area contributed by atoms with Crippen LogP contribution in [0.4, 0.5) is 5.69 Å². The Kier molecular flexibility index (Phi) is 4.48. The van der Waals surface area contributed by atoms with Crippen LogP contribution in [0.5, 0.6) is 5.75 Å². The lowest BCUT2D eigenvalue weighted by Gasteiger charge is -2.35. The van der Waals surface area contributed by atoms with Crippen molar-refractivity contribution in [2.24, 2.45) is 22.4 Å². The second kappa shape index (κ2) is 7.02. The number of hydrogen-bond acceptors (Lipinski definition) is 6. The molecule has 0 aliphatic carbocycles. The summed E-state index contributed by atoms with van der Waals surface area (Å²) < 4.78 is 5.42. The SMILES string of the molecule is COc1ccccc1N1C(=O)[C@@H]2[C@H](C1=O)[C@H]1c3ccccc3C=NN1[C@@H]2C(=O)C(C)(C)C. The Labute approximate surface area is 186 Å². The molecule has 32 heavy (non-hydrogen) atoms. The van der Waals surface area contributed by atoms with Gasteiger partial charge in [-0.1, -0.05) is 57.2 Å².